The number of carbonyl (C=O) groups is 1. The Bertz CT molecular complexity index is 1260. The van der Waals surface area contributed by atoms with Crippen molar-refractivity contribution in [3.63, 3.8) is 0 Å². The normalized spacial score (nSPS) is 14.6. The predicted octanol–water partition coefficient (Wildman–Crippen LogP) is 3.38. The zero-order chi connectivity index (χ0) is 24.1. The summed E-state index contributed by atoms with van der Waals surface area (Å²) in [6.45, 7) is 3.44. The van der Waals surface area contributed by atoms with E-state index >= 15 is 0 Å². The third-order valence-corrected chi connectivity index (χ3v) is 7.37. The van der Waals surface area contributed by atoms with Gasteiger partial charge in [-0.05, 0) is 49.4 Å². The van der Waals surface area contributed by atoms with Crippen LogP contribution in [0.2, 0.25) is 0 Å². The number of carbonyl (C=O) groups excluding carboxylic acids is 1. The van der Waals surface area contributed by atoms with E-state index in [1.54, 1.807) is 30.5 Å². The molecule has 34 heavy (non-hydrogen) atoms. The van der Waals surface area contributed by atoms with E-state index in [-0.39, 0.29) is 18.7 Å². The van der Waals surface area contributed by atoms with Crippen molar-refractivity contribution in [3.05, 3.63) is 78.2 Å². The van der Waals surface area contributed by atoms with Crippen molar-refractivity contribution in [2.24, 2.45) is 0 Å². The van der Waals surface area contributed by atoms with Crippen LogP contribution in [0.3, 0.4) is 0 Å². The molecular formula is C24H25FN4O4S. The number of anilines is 2. The molecule has 1 fully saturated rings. The van der Waals surface area contributed by atoms with Crippen molar-refractivity contribution < 1.29 is 22.3 Å². The summed E-state index contributed by atoms with van der Waals surface area (Å²) in [7, 11) is -4.14. The zero-order valence-corrected chi connectivity index (χ0v) is 19.5. The van der Waals surface area contributed by atoms with E-state index < -0.39 is 26.6 Å². The highest BCUT2D eigenvalue weighted by Crippen LogP contribution is 2.26. The molecule has 2 aromatic carbocycles. The van der Waals surface area contributed by atoms with Crippen molar-refractivity contribution in [3.8, 4) is 5.75 Å². The predicted molar refractivity (Wildman–Crippen MR) is 127 cm³/mol. The number of aromatic nitrogens is 1. The molecule has 1 amide bonds. The van der Waals surface area contributed by atoms with Gasteiger partial charge in [0.25, 0.3) is 5.91 Å². The molecule has 10 heteroatoms. The molecule has 178 valence electrons. The van der Waals surface area contributed by atoms with Crippen LogP contribution in [0.15, 0.2) is 71.8 Å². The second-order valence-corrected chi connectivity index (χ2v) is 9.51. The molecule has 1 saturated heterocycles. The molecular weight excluding hydrogens is 459 g/mol. The van der Waals surface area contributed by atoms with Crippen molar-refractivity contribution in [1.29, 1.82) is 0 Å². The Balaban J connectivity index is 1.52. The van der Waals surface area contributed by atoms with Crippen LogP contribution in [0.4, 0.5) is 15.9 Å². The van der Waals surface area contributed by atoms with Gasteiger partial charge in [-0.25, -0.2) is 17.8 Å². The Morgan fingerprint density at radius 1 is 1.06 bits per heavy atom. The van der Waals surface area contributed by atoms with Crippen LogP contribution < -0.4 is 15.0 Å². The van der Waals surface area contributed by atoms with Gasteiger partial charge in [-0.1, -0.05) is 18.2 Å². The Labute approximate surface area is 198 Å². The fraction of sp³-hybridized carbons (Fsp3) is 0.250. The lowest BCUT2D eigenvalue weighted by Gasteiger charge is -2.34. The molecule has 1 aliphatic rings. The molecule has 0 bridgehead atoms. The fourth-order valence-electron chi connectivity index (χ4n) is 3.73. The first-order valence-corrected chi connectivity index (χ1v) is 12.3. The Morgan fingerprint density at radius 3 is 2.50 bits per heavy atom. The van der Waals surface area contributed by atoms with Gasteiger partial charge in [0.1, 0.15) is 22.3 Å². The van der Waals surface area contributed by atoms with E-state index in [1.165, 1.54) is 10.4 Å². The molecule has 0 atom stereocenters. The molecule has 0 aliphatic carbocycles. The van der Waals surface area contributed by atoms with Crippen molar-refractivity contribution in [2.45, 2.75) is 11.8 Å². The summed E-state index contributed by atoms with van der Waals surface area (Å²) < 4.78 is 47.8. The third-order valence-electron chi connectivity index (χ3n) is 5.46. The molecule has 1 aliphatic heterocycles. The number of benzene rings is 2. The first-order chi connectivity index (χ1) is 16.4. The summed E-state index contributed by atoms with van der Waals surface area (Å²) in [5.41, 5.74) is 0.465. The van der Waals surface area contributed by atoms with Crippen LogP contribution >= 0.6 is 0 Å². The minimum atomic E-state index is -4.14. The summed E-state index contributed by atoms with van der Waals surface area (Å²) in [4.78, 5) is 18.6. The van der Waals surface area contributed by atoms with E-state index in [4.69, 9.17) is 4.74 Å². The second-order valence-electron chi connectivity index (χ2n) is 7.61. The minimum Gasteiger partial charge on any atom is -0.492 e. The number of hydrogen-bond donors (Lipinski definition) is 1. The monoisotopic (exact) mass is 484 g/mol. The standard InChI is InChI=1S/C24H25FN4O4S/c1-2-33-21-8-4-3-7-20(21)27-24(30)18-10-11-19(25)22(17-18)34(31,32)29-15-13-28(14-16-29)23-9-5-6-12-26-23/h3-12,17H,2,13-16H2,1H3,(H,27,30). The van der Waals surface area contributed by atoms with Crippen LogP contribution in [0.1, 0.15) is 17.3 Å². The lowest BCUT2D eigenvalue weighted by Crippen LogP contribution is -2.49. The van der Waals surface area contributed by atoms with Gasteiger partial charge in [0.15, 0.2) is 0 Å². The van der Waals surface area contributed by atoms with Crippen LogP contribution in [0.25, 0.3) is 0 Å². The second kappa shape index (κ2) is 10.2. The molecule has 1 N–H and O–H groups in total. The molecule has 0 unspecified atom stereocenters. The number of hydrogen-bond acceptors (Lipinski definition) is 6. The lowest BCUT2D eigenvalue weighted by molar-refractivity contribution is 0.102. The molecule has 8 nitrogen and oxygen atoms in total. The summed E-state index contributed by atoms with van der Waals surface area (Å²) in [6.07, 6.45) is 1.68. The number of rotatable bonds is 7. The highest BCUT2D eigenvalue weighted by atomic mass is 32.2. The number of para-hydroxylation sites is 2. The number of amides is 1. The average Bonchev–Trinajstić information content (AvgIpc) is 2.86. The van der Waals surface area contributed by atoms with Crippen LogP contribution in [-0.2, 0) is 10.0 Å². The number of pyridine rings is 1. The minimum absolute atomic E-state index is 0.0263. The Morgan fingerprint density at radius 2 is 1.79 bits per heavy atom. The Hall–Kier alpha value is -3.50. The fourth-order valence-corrected chi connectivity index (χ4v) is 5.24. The van der Waals surface area contributed by atoms with E-state index in [0.717, 1.165) is 18.0 Å². The maximum atomic E-state index is 14.6. The van der Waals surface area contributed by atoms with Crippen molar-refractivity contribution >= 4 is 27.4 Å². The van der Waals surface area contributed by atoms with Gasteiger partial charge < -0.3 is 15.0 Å². The van der Waals surface area contributed by atoms with Gasteiger partial charge in [-0.3, -0.25) is 4.79 Å². The van der Waals surface area contributed by atoms with E-state index in [1.807, 2.05) is 30.0 Å². The van der Waals surface area contributed by atoms with Gasteiger partial charge in [0.05, 0.1) is 12.3 Å². The largest absolute Gasteiger partial charge is 0.492 e. The van der Waals surface area contributed by atoms with Crippen molar-refractivity contribution in [2.75, 3.05) is 43.0 Å². The van der Waals surface area contributed by atoms with Crippen molar-refractivity contribution in [1.82, 2.24) is 9.29 Å². The van der Waals surface area contributed by atoms with Gasteiger partial charge in [-0.15, -0.1) is 0 Å². The average molecular weight is 485 g/mol. The smallest absolute Gasteiger partial charge is 0.255 e. The van der Waals surface area contributed by atoms with E-state index in [0.29, 0.717) is 31.1 Å². The summed E-state index contributed by atoms with van der Waals surface area (Å²) >= 11 is 0. The number of ether oxygens (including phenoxy) is 1. The molecule has 1 aromatic heterocycles. The first kappa shape index (κ1) is 23.7. The molecule has 4 rings (SSSR count). The quantitative estimate of drug-likeness (QED) is 0.553. The highest BCUT2D eigenvalue weighted by Gasteiger charge is 2.31. The van der Waals surface area contributed by atoms with Crippen LogP contribution in [-0.4, -0.2) is 56.4 Å². The third kappa shape index (κ3) is 5.02. The van der Waals surface area contributed by atoms with Gasteiger partial charge in [-0.2, -0.15) is 4.31 Å². The molecule has 0 spiro atoms. The molecule has 2 heterocycles. The molecule has 3 aromatic rings. The number of halogens is 1. The topological polar surface area (TPSA) is 91.8 Å². The summed E-state index contributed by atoms with van der Waals surface area (Å²) in [5.74, 6) is -0.224. The Kier molecular flexibility index (Phi) is 7.09. The van der Waals surface area contributed by atoms with Crippen LogP contribution in [0, 0.1) is 5.82 Å². The molecule has 0 radical (unpaired) electrons. The zero-order valence-electron chi connectivity index (χ0n) is 18.6. The van der Waals surface area contributed by atoms with Gasteiger partial charge >= 0.3 is 0 Å². The maximum Gasteiger partial charge on any atom is 0.255 e. The SMILES string of the molecule is CCOc1ccccc1NC(=O)c1ccc(F)c(S(=O)(=O)N2CCN(c3ccccn3)CC2)c1. The number of nitrogens with zero attached hydrogens (tertiary/aromatic N) is 3. The maximum absolute atomic E-state index is 14.6. The van der Waals surface area contributed by atoms with Gasteiger partial charge in [0, 0.05) is 37.9 Å². The first-order valence-electron chi connectivity index (χ1n) is 10.9. The number of piperazine rings is 1. The highest BCUT2D eigenvalue weighted by molar-refractivity contribution is 7.89. The lowest BCUT2D eigenvalue weighted by atomic mass is 10.2. The van der Waals surface area contributed by atoms with Gasteiger partial charge in [0.2, 0.25) is 10.0 Å². The number of nitrogens with one attached hydrogen (secondary N) is 1. The summed E-state index contributed by atoms with van der Waals surface area (Å²) in [5, 5.41) is 2.70. The molecule has 0 saturated carbocycles. The van der Waals surface area contributed by atoms with E-state index in [9.17, 15) is 17.6 Å². The van der Waals surface area contributed by atoms with E-state index in [2.05, 4.69) is 10.3 Å². The van der Waals surface area contributed by atoms with Crippen LogP contribution in [0.5, 0.6) is 5.75 Å². The summed E-state index contributed by atoms with van der Waals surface area (Å²) in [6, 6.07) is 15.8. The number of sulfonamides is 1.